The molecule has 0 saturated heterocycles. The van der Waals surface area contributed by atoms with Crippen molar-refractivity contribution in [1.29, 1.82) is 0 Å². The van der Waals surface area contributed by atoms with Gasteiger partial charge in [0.15, 0.2) is 0 Å². The van der Waals surface area contributed by atoms with Crippen molar-refractivity contribution in [2.45, 2.75) is 12.3 Å². The molecule has 4 nitrogen and oxygen atoms in total. The fourth-order valence-electron chi connectivity index (χ4n) is 3.36. The largest absolute Gasteiger partial charge is 0.425 e. The van der Waals surface area contributed by atoms with Gasteiger partial charge >= 0.3 is 5.97 Å². The number of fused-ring (bicyclic) bond motifs is 3. The Balaban J connectivity index is 2.09. The summed E-state index contributed by atoms with van der Waals surface area (Å²) in [5.41, 5.74) is 2.09. The predicted molar refractivity (Wildman–Crippen MR) is 95.4 cm³/mol. The van der Waals surface area contributed by atoms with E-state index in [0.717, 1.165) is 20.9 Å². The third kappa shape index (κ3) is 2.19. The molecule has 4 rings (SSSR count). The van der Waals surface area contributed by atoms with Crippen molar-refractivity contribution in [2.24, 2.45) is 7.05 Å². The van der Waals surface area contributed by atoms with Gasteiger partial charge in [-0.3, -0.25) is 9.59 Å². The Bertz CT molecular complexity index is 1040. The van der Waals surface area contributed by atoms with E-state index in [9.17, 15) is 9.59 Å². The van der Waals surface area contributed by atoms with Crippen LogP contribution in [0.25, 0.3) is 10.9 Å². The molecule has 0 amide bonds. The number of carbonyl (C=O) groups is 1. The summed E-state index contributed by atoms with van der Waals surface area (Å²) in [6.45, 7) is 0. The van der Waals surface area contributed by atoms with Crippen molar-refractivity contribution in [3.8, 4) is 5.75 Å². The summed E-state index contributed by atoms with van der Waals surface area (Å²) in [7, 11) is 1.75. The van der Waals surface area contributed by atoms with Gasteiger partial charge in [-0.1, -0.05) is 46.3 Å². The van der Waals surface area contributed by atoms with E-state index in [2.05, 4.69) is 15.9 Å². The van der Waals surface area contributed by atoms with Crippen molar-refractivity contribution in [1.82, 2.24) is 4.57 Å². The summed E-state index contributed by atoms with van der Waals surface area (Å²) in [6.07, 6.45) is 0.156. The molecular formula is C19H14BrNO3. The van der Waals surface area contributed by atoms with Crippen molar-refractivity contribution < 1.29 is 9.53 Å². The first-order valence-electron chi connectivity index (χ1n) is 7.64. The van der Waals surface area contributed by atoms with Crippen LogP contribution in [0.2, 0.25) is 0 Å². The first kappa shape index (κ1) is 15.1. The number of halogens is 1. The second kappa shape index (κ2) is 5.60. The number of nitrogens with zero attached hydrogens (tertiary/aromatic N) is 1. The topological polar surface area (TPSA) is 48.3 Å². The van der Waals surface area contributed by atoms with Crippen LogP contribution in [-0.4, -0.2) is 10.5 Å². The number of pyridine rings is 1. The number of para-hydroxylation sites is 1. The molecule has 3 aromatic rings. The monoisotopic (exact) mass is 383 g/mol. The average Bonchev–Trinajstić information content (AvgIpc) is 2.59. The van der Waals surface area contributed by atoms with Crippen molar-refractivity contribution in [2.75, 3.05) is 0 Å². The van der Waals surface area contributed by atoms with E-state index in [1.807, 2.05) is 48.5 Å². The molecule has 0 spiro atoms. The second-order valence-electron chi connectivity index (χ2n) is 5.88. The molecule has 1 atom stereocenters. The number of esters is 1. The number of aryl methyl sites for hydroxylation is 1. The third-order valence-electron chi connectivity index (χ3n) is 4.51. The highest BCUT2D eigenvalue weighted by Crippen LogP contribution is 2.42. The molecule has 0 aliphatic carbocycles. The van der Waals surface area contributed by atoms with E-state index in [0.29, 0.717) is 11.3 Å². The smallest absolute Gasteiger partial charge is 0.312 e. The van der Waals surface area contributed by atoms with Gasteiger partial charge in [-0.05, 0) is 23.8 Å². The van der Waals surface area contributed by atoms with Crippen LogP contribution in [0.5, 0.6) is 5.75 Å². The van der Waals surface area contributed by atoms with E-state index in [-0.39, 0.29) is 23.9 Å². The molecule has 2 aromatic carbocycles. The Morgan fingerprint density at radius 2 is 1.79 bits per heavy atom. The maximum Gasteiger partial charge on any atom is 0.312 e. The molecular weight excluding hydrogens is 370 g/mol. The SMILES string of the molecule is Cn1c(=O)c2c(c3ccccc31)OC(=O)C[C@H]2c1ccccc1Br. The van der Waals surface area contributed by atoms with Crippen molar-refractivity contribution >= 4 is 32.8 Å². The molecule has 24 heavy (non-hydrogen) atoms. The molecule has 120 valence electrons. The number of ether oxygens (including phenoxy) is 1. The highest BCUT2D eigenvalue weighted by molar-refractivity contribution is 9.10. The maximum atomic E-state index is 13.0. The number of carbonyl (C=O) groups excluding carboxylic acids is 1. The van der Waals surface area contributed by atoms with E-state index < -0.39 is 0 Å². The summed E-state index contributed by atoms with van der Waals surface area (Å²) in [6, 6.07) is 15.1. The Kier molecular flexibility index (Phi) is 3.53. The van der Waals surface area contributed by atoms with Crippen LogP contribution in [0, 0.1) is 0 Å². The van der Waals surface area contributed by atoms with Crippen LogP contribution in [0.3, 0.4) is 0 Å². The van der Waals surface area contributed by atoms with E-state index >= 15 is 0 Å². The molecule has 0 radical (unpaired) electrons. The molecule has 0 N–H and O–H groups in total. The van der Waals surface area contributed by atoms with Gasteiger partial charge < -0.3 is 9.30 Å². The first-order chi connectivity index (χ1) is 11.6. The van der Waals surface area contributed by atoms with Gasteiger partial charge in [0.25, 0.3) is 5.56 Å². The Morgan fingerprint density at radius 3 is 2.58 bits per heavy atom. The molecule has 0 saturated carbocycles. The Hall–Kier alpha value is -2.40. The minimum absolute atomic E-state index is 0.128. The highest BCUT2D eigenvalue weighted by Gasteiger charge is 2.34. The maximum absolute atomic E-state index is 13.0. The van der Waals surface area contributed by atoms with E-state index in [1.54, 1.807) is 11.6 Å². The predicted octanol–water partition coefficient (Wildman–Crippen LogP) is 3.74. The number of hydrogen-bond donors (Lipinski definition) is 0. The van der Waals surface area contributed by atoms with Crippen LogP contribution >= 0.6 is 15.9 Å². The Labute approximate surface area is 146 Å². The summed E-state index contributed by atoms with van der Waals surface area (Å²) < 4.78 is 8.01. The van der Waals surface area contributed by atoms with Gasteiger partial charge in [-0.25, -0.2) is 0 Å². The van der Waals surface area contributed by atoms with Gasteiger partial charge in [0.05, 0.1) is 17.5 Å². The fourth-order valence-corrected chi connectivity index (χ4v) is 3.92. The van der Waals surface area contributed by atoms with Gasteiger partial charge in [0.1, 0.15) is 5.75 Å². The molecule has 2 heterocycles. The number of rotatable bonds is 1. The lowest BCUT2D eigenvalue weighted by Gasteiger charge is -2.26. The van der Waals surface area contributed by atoms with Crippen LogP contribution in [0.4, 0.5) is 0 Å². The zero-order valence-electron chi connectivity index (χ0n) is 13.0. The lowest BCUT2D eigenvalue weighted by atomic mass is 9.86. The fraction of sp³-hybridized carbons (Fsp3) is 0.158. The second-order valence-corrected chi connectivity index (χ2v) is 6.73. The first-order valence-corrected chi connectivity index (χ1v) is 8.44. The van der Waals surface area contributed by atoms with Crippen LogP contribution in [-0.2, 0) is 11.8 Å². The summed E-state index contributed by atoms with van der Waals surface area (Å²) in [5.74, 6) is -0.243. The average molecular weight is 384 g/mol. The lowest BCUT2D eigenvalue weighted by molar-refractivity contribution is -0.135. The van der Waals surface area contributed by atoms with E-state index in [1.165, 1.54) is 0 Å². The van der Waals surface area contributed by atoms with Gasteiger partial charge in [0, 0.05) is 22.8 Å². The van der Waals surface area contributed by atoms with Gasteiger partial charge in [-0.15, -0.1) is 0 Å². The summed E-state index contributed by atoms with van der Waals surface area (Å²) in [5, 5.41) is 0.778. The Morgan fingerprint density at radius 1 is 1.08 bits per heavy atom. The minimum Gasteiger partial charge on any atom is -0.425 e. The standard InChI is InChI=1S/C19H14BrNO3/c1-21-15-9-5-3-7-12(15)18-17(19(21)23)13(10-16(22)24-18)11-6-2-4-8-14(11)20/h2-9,13H,10H2,1H3/t13-/m0/s1. The van der Waals surface area contributed by atoms with Crippen molar-refractivity contribution in [3.05, 3.63) is 74.5 Å². The summed E-state index contributed by atoms with van der Waals surface area (Å²) >= 11 is 3.54. The molecule has 1 aliphatic rings. The lowest BCUT2D eigenvalue weighted by Crippen LogP contribution is -2.31. The van der Waals surface area contributed by atoms with Gasteiger partial charge in [0.2, 0.25) is 0 Å². The highest BCUT2D eigenvalue weighted by atomic mass is 79.9. The van der Waals surface area contributed by atoms with Crippen molar-refractivity contribution in [3.63, 3.8) is 0 Å². The zero-order valence-corrected chi connectivity index (χ0v) is 14.5. The number of benzene rings is 2. The molecule has 5 heteroatoms. The molecule has 1 aromatic heterocycles. The van der Waals surface area contributed by atoms with Crippen LogP contribution < -0.4 is 10.3 Å². The molecule has 0 fully saturated rings. The third-order valence-corrected chi connectivity index (χ3v) is 5.23. The minimum atomic E-state index is -0.319. The quantitative estimate of drug-likeness (QED) is 0.601. The zero-order chi connectivity index (χ0) is 16.8. The van der Waals surface area contributed by atoms with Crippen LogP contribution in [0.15, 0.2) is 57.8 Å². The molecule has 1 aliphatic heterocycles. The molecule has 0 unspecified atom stereocenters. The van der Waals surface area contributed by atoms with E-state index in [4.69, 9.17) is 4.74 Å². The van der Waals surface area contributed by atoms with Crippen LogP contribution in [0.1, 0.15) is 23.5 Å². The number of hydrogen-bond acceptors (Lipinski definition) is 3. The van der Waals surface area contributed by atoms with Gasteiger partial charge in [-0.2, -0.15) is 0 Å². The summed E-state index contributed by atoms with van der Waals surface area (Å²) in [4.78, 5) is 25.2. The number of aromatic nitrogens is 1. The normalized spacial score (nSPS) is 16.8. The molecule has 0 bridgehead atoms.